The molecule has 2 aromatic carbocycles. The van der Waals surface area contributed by atoms with E-state index in [9.17, 15) is 14.8 Å². The number of hydrogen-bond acceptors (Lipinski definition) is 4. The number of ketones is 1. The number of carboxylic acid groups (broad SMARTS) is 1. The molecule has 5 heteroatoms. The van der Waals surface area contributed by atoms with Gasteiger partial charge in [0.15, 0.2) is 5.78 Å². The highest BCUT2D eigenvalue weighted by molar-refractivity contribution is 6.07. The number of carboxylic acids is 1. The van der Waals surface area contributed by atoms with Crippen molar-refractivity contribution in [2.75, 3.05) is 0 Å². The largest absolute Gasteiger partial charge is 0.478 e. The molecule has 152 valence electrons. The number of benzene rings is 2. The van der Waals surface area contributed by atoms with Gasteiger partial charge in [0.1, 0.15) is 6.10 Å². The summed E-state index contributed by atoms with van der Waals surface area (Å²) in [6.45, 7) is 2.26. The number of carbonyl (C=O) groups excluding carboxylic acids is 1. The molecule has 2 aromatic rings. The summed E-state index contributed by atoms with van der Waals surface area (Å²) in [7, 11) is 0. The fourth-order valence-corrected chi connectivity index (χ4v) is 3.85. The van der Waals surface area contributed by atoms with Gasteiger partial charge in [0.25, 0.3) is 0 Å². The van der Waals surface area contributed by atoms with Crippen LogP contribution in [0.15, 0.2) is 54.6 Å². The Labute approximate surface area is 170 Å². The molecule has 1 atom stereocenters. The number of aromatic carboxylic acids is 1. The second-order valence-electron chi connectivity index (χ2n) is 7.79. The highest BCUT2D eigenvalue weighted by Gasteiger charge is 2.28. The minimum atomic E-state index is -1.02. The van der Waals surface area contributed by atoms with Crippen molar-refractivity contribution in [2.45, 2.75) is 38.7 Å². The summed E-state index contributed by atoms with van der Waals surface area (Å²) < 4.78 is 0. The molecule has 1 unspecified atom stereocenters. The maximum absolute atomic E-state index is 12.3. The van der Waals surface area contributed by atoms with Crippen LogP contribution in [0, 0.1) is 11.8 Å². The van der Waals surface area contributed by atoms with Crippen LogP contribution in [0.4, 0.5) is 0 Å². The molecule has 0 heterocycles. The number of rotatable bonds is 7. The van der Waals surface area contributed by atoms with Gasteiger partial charge in [-0.1, -0.05) is 62.2 Å². The van der Waals surface area contributed by atoms with Crippen molar-refractivity contribution in [3.05, 3.63) is 76.9 Å². The first kappa shape index (κ1) is 21.0. The second kappa shape index (κ2) is 9.63. The standard InChI is InChI=1S/C24H26O5/c1-16-2-7-19(8-3-16)23(29-28)20-9-4-17(5-10-20)6-15-22(25)18-11-13-21(14-12-18)24(26)27/h4-6,9-16,19,23,28H,2-3,7-8H2,1H3,(H,26,27). The zero-order chi connectivity index (χ0) is 20.8. The van der Waals surface area contributed by atoms with Gasteiger partial charge in [-0.05, 0) is 54.0 Å². The number of hydrogen-bond donors (Lipinski definition) is 2. The van der Waals surface area contributed by atoms with Gasteiger partial charge >= 0.3 is 5.97 Å². The van der Waals surface area contributed by atoms with Crippen molar-refractivity contribution in [3.63, 3.8) is 0 Å². The fourth-order valence-electron chi connectivity index (χ4n) is 3.85. The lowest BCUT2D eigenvalue weighted by molar-refractivity contribution is -0.296. The summed E-state index contributed by atoms with van der Waals surface area (Å²) in [4.78, 5) is 28.0. The zero-order valence-electron chi connectivity index (χ0n) is 16.5. The van der Waals surface area contributed by atoms with Gasteiger partial charge in [-0.15, -0.1) is 0 Å². The Balaban J connectivity index is 1.64. The molecule has 0 bridgehead atoms. The highest BCUT2D eigenvalue weighted by atomic mass is 17.1. The molecule has 1 saturated carbocycles. The second-order valence-corrected chi connectivity index (χ2v) is 7.79. The quantitative estimate of drug-likeness (QED) is 0.275. The first-order chi connectivity index (χ1) is 14.0. The molecule has 2 N–H and O–H groups in total. The summed E-state index contributed by atoms with van der Waals surface area (Å²) in [6.07, 6.45) is 7.26. The van der Waals surface area contributed by atoms with Crippen molar-refractivity contribution in [1.29, 1.82) is 0 Å². The summed E-state index contributed by atoms with van der Waals surface area (Å²) >= 11 is 0. The molecule has 0 spiro atoms. The lowest BCUT2D eigenvalue weighted by Crippen LogP contribution is -2.21. The van der Waals surface area contributed by atoms with Crippen LogP contribution >= 0.6 is 0 Å². The summed E-state index contributed by atoms with van der Waals surface area (Å²) in [6, 6.07) is 13.5. The van der Waals surface area contributed by atoms with Crippen LogP contribution < -0.4 is 0 Å². The van der Waals surface area contributed by atoms with E-state index in [1.54, 1.807) is 6.08 Å². The minimum Gasteiger partial charge on any atom is -0.478 e. The zero-order valence-corrected chi connectivity index (χ0v) is 16.5. The lowest BCUT2D eigenvalue weighted by atomic mass is 9.78. The van der Waals surface area contributed by atoms with Gasteiger partial charge in [0.2, 0.25) is 0 Å². The normalized spacial score (nSPS) is 20.5. The molecule has 0 aliphatic heterocycles. The third-order valence-corrected chi connectivity index (χ3v) is 5.71. The molecule has 1 aliphatic rings. The maximum Gasteiger partial charge on any atom is 0.335 e. The average Bonchev–Trinajstić information content (AvgIpc) is 2.75. The molecule has 0 amide bonds. The van der Waals surface area contributed by atoms with Gasteiger partial charge in [0, 0.05) is 5.56 Å². The highest BCUT2D eigenvalue weighted by Crippen LogP contribution is 2.38. The Bertz CT molecular complexity index is 859. The van der Waals surface area contributed by atoms with Gasteiger partial charge in [0.05, 0.1) is 5.56 Å². The van der Waals surface area contributed by atoms with Crippen molar-refractivity contribution in [3.8, 4) is 0 Å². The molecular weight excluding hydrogens is 368 g/mol. The number of carbonyl (C=O) groups is 2. The molecule has 0 radical (unpaired) electrons. The first-order valence-corrected chi connectivity index (χ1v) is 9.94. The topological polar surface area (TPSA) is 83.8 Å². The SMILES string of the molecule is CC1CCC(C(OO)c2ccc(C=CC(=O)c3ccc(C(=O)O)cc3)cc2)CC1. The van der Waals surface area contributed by atoms with Crippen LogP contribution in [0.5, 0.6) is 0 Å². The predicted octanol–water partition coefficient (Wildman–Crippen LogP) is 5.64. The molecule has 29 heavy (non-hydrogen) atoms. The van der Waals surface area contributed by atoms with Crippen molar-refractivity contribution >= 4 is 17.8 Å². The maximum atomic E-state index is 12.3. The molecule has 0 saturated heterocycles. The van der Waals surface area contributed by atoms with E-state index in [0.29, 0.717) is 11.5 Å². The van der Waals surface area contributed by atoms with E-state index in [2.05, 4.69) is 6.92 Å². The van der Waals surface area contributed by atoms with Crippen LogP contribution in [-0.2, 0) is 4.89 Å². The van der Waals surface area contributed by atoms with Gasteiger partial charge in [-0.2, -0.15) is 0 Å². The first-order valence-electron chi connectivity index (χ1n) is 9.94. The van der Waals surface area contributed by atoms with E-state index in [4.69, 9.17) is 9.99 Å². The van der Waals surface area contributed by atoms with Crippen molar-refractivity contribution in [2.24, 2.45) is 11.8 Å². The lowest BCUT2D eigenvalue weighted by Gasteiger charge is -2.31. The predicted molar refractivity (Wildman–Crippen MR) is 111 cm³/mol. The Hall–Kier alpha value is -2.76. The van der Waals surface area contributed by atoms with Crippen LogP contribution in [0.2, 0.25) is 0 Å². The van der Waals surface area contributed by atoms with Gasteiger partial charge in [-0.25, -0.2) is 9.68 Å². The summed E-state index contributed by atoms with van der Waals surface area (Å²) in [5.74, 6) is -0.171. The average molecular weight is 394 g/mol. The van der Waals surface area contributed by atoms with E-state index >= 15 is 0 Å². The van der Waals surface area contributed by atoms with Crippen LogP contribution in [0.1, 0.15) is 70.6 Å². The molecule has 3 rings (SSSR count). The van der Waals surface area contributed by atoms with Crippen molar-refractivity contribution in [1.82, 2.24) is 0 Å². The Morgan fingerprint density at radius 2 is 1.55 bits per heavy atom. The minimum absolute atomic E-state index is 0.147. The molecule has 5 nitrogen and oxygen atoms in total. The Kier molecular flexibility index (Phi) is 6.96. The third-order valence-electron chi connectivity index (χ3n) is 5.71. The molecule has 0 aromatic heterocycles. The molecular formula is C24H26O5. The molecule has 1 fully saturated rings. The van der Waals surface area contributed by atoms with Gasteiger partial charge < -0.3 is 5.11 Å². The van der Waals surface area contributed by atoms with Gasteiger partial charge in [-0.3, -0.25) is 10.1 Å². The van der Waals surface area contributed by atoms with Crippen molar-refractivity contribution < 1.29 is 24.8 Å². The third kappa shape index (κ3) is 5.40. The van der Waals surface area contributed by atoms with Crippen LogP contribution in [-0.4, -0.2) is 22.1 Å². The van der Waals surface area contributed by atoms with E-state index < -0.39 is 5.97 Å². The summed E-state index contributed by atoms with van der Waals surface area (Å²) in [5, 5.41) is 18.3. The molecule has 1 aliphatic carbocycles. The Morgan fingerprint density at radius 3 is 2.10 bits per heavy atom. The van der Waals surface area contributed by atoms with E-state index in [0.717, 1.165) is 42.7 Å². The smallest absolute Gasteiger partial charge is 0.335 e. The van der Waals surface area contributed by atoms with E-state index in [-0.39, 0.29) is 17.5 Å². The Morgan fingerprint density at radius 1 is 0.966 bits per heavy atom. The monoisotopic (exact) mass is 394 g/mol. The number of allylic oxidation sites excluding steroid dienone is 1. The summed E-state index contributed by atoms with van der Waals surface area (Å²) in [5.41, 5.74) is 2.37. The van der Waals surface area contributed by atoms with E-state index in [1.807, 2.05) is 24.3 Å². The van der Waals surface area contributed by atoms with Crippen LogP contribution in [0.25, 0.3) is 6.08 Å². The van der Waals surface area contributed by atoms with E-state index in [1.165, 1.54) is 30.3 Å². The van der Waals surface area contributed by atoms with Crippen LogP contribution in [0.3, 0.4) is 0 Å². The fraction of sp³-hybridized carbons (Fsp3) is 0.333.